The van der Waals surface area contributed by atoms with Gasteiger partial charge >= 0.3 is 0 Å². The first-order valence-electron chi connectivity index (χ1n) is 7.82. The van der Waals surface area contributed by atoms with Crippen LogP contribution < -0.4 is 0 Å². The van der Waals surface area contributed by atoms with Gasteiger partial charge in [-0.3, -0.25) is 0 Å². The van der Waals surface area contributed by atoms with E-state index in [4.69, 9.17) is 4.74 Å². The largest absolute Gasteiger partial charge is 0.386 e. The average Bonchev–Trinajstić information content (AvgIpc) is 2.38. The molecule has 3 atom stereocenters. The molecule has 2 heteroatoms. The lowest BCUT2D eigenvalue weighted by Crippen LogP contribution is -2.27. The van der Waals surface area contributed by atoms with Gasteiger partial charge in [0.15, 0.2) is 0 Å². The highest BCUT2D eigenvalue weighted by atomic mass is 16.5. The molecule has 0 heterocycles. The summed E-state index contributed by atoms with van der Waals surface area (Å²) >= 11 is 0. The Morgan fingerprint density at radius 2 is 1.80 bits per heavy atom. The third-order valence-corrected chi connectivity index (χ3v) is 4.42. The van der Waals surface area contributed by atoms with Crippen LogP contribution in [0.25, 0.3) is 0 Å². The molecular formula is C18H28O2. The summed E-state index contributed by atoms with van der Waals surface area (Å²) in [7, 11) is 0. The molecule has 0 spiro atoms. The molecule has 0 amide bonds. The molecule has 0 saturated heterocycles. The molecule has 1 fully saturated rings. The third kappa shape index (κ3) is 4.07. The van der Waals surface area contributed by atoms with Crippen molar-refractivity contribution in [2.24, 2.45) is 11.8 Å². The first-order valence-corrected chi connectivity index (χ1v) is 7.82. The van der Waals surface area contributed by atoms with Crippen LogP contribution in [0.3, 0.4) is 0 Å². The van der Waals surface area contributed by atoms with E-state index in [-0.39, 0.29) is 0 Å². The SMILES string of the molecule is Cc1ccc(C)c(C(O)COC2CC(C)CC(C)C2)c1. The van der Waals surface area contributed by atoms with Gasteiger partial charge < -0.3 is 9.84 Å². The Labute approximate surface area is 123 Å². The van der Waals surface area contributed by atoms with Gasteiger partial charge in [-0.05, 0) is 56.1 Å². The van der Waals surface area contributed by atoms with Gasteiger partial charge in [0.2, 0.25) is 0 Å². The van der Waals surface area contributed by atoms with Gasteiger partial charge in [-0.15, -0.1) is 0 Å². The van der Waals surface area contributed by atoms with Gasteiger partial charge in [0.1, 0.15) is 6.10 Å². The minimum Gasteiger partial charge on any atom is -0.386 e. The fraction of sp³-hybridized carbons (Fsp3) is 0.667. The van der Waals surface area contributed by atoms with Gasteiger partial charge in [-0.25, -0.2) is 0 Å². The van der Waals surface area contributed by atoms with Gasteiger partial charge in [0.25, 0.3) is 0 Å². The summed E-state index contributed by atoms with van der Waals surface area (Å²) in [6, 6.07) is 6.21. The summed E-state index contributed by atoms with van der Waals surface area (Å²) in [5.74, 6) is 1.48. The lowest BCUT2D eigenvalue weighted by atomic mass is 9.82. The minimum atomic E-state index is -0.512. The summed E-state index contributed by atoms with van der Waals surface area (Å²) < 4.78 is 5.98. The Balaban J connectivity index is 1.91. The second kappa shape index (κ2) is 6.73. The number of rotatable bonds is 4. The fourth-order valence-electron chi connectivity index (χ4n) is 3.45. The maximum absolute atomic E-state index is 10.4. The lowest BCUT2D eigenvalue weighted by Gasteiger charge is -2.32. The second-order valence-corrected chi connectivity index (χ2v) is 6.75. The zero-order valence-electron chi connectivity index (χ0n) is 13.2. The van der Waals surface area contributed by atoms with E-state index in [1.165, 1.54) is 12.0 Å². The molecule has 0 radical (unpaired) electrons. The number of aliphatic hydroxyl groups excluding tert-OH is 1. The summed E-state index contributed by atoms with van der Waals surface area (Å²) in [5.41, 5.74) is 3.32. The molecule has 0 aromatic heterocycles. The van der Waals surface area contributed by atoms with Crippen molar-refractivity contribution in [1.29, 1.82) is 0 Å². The first-order chi connectivity index (χ1) is 9.45. The van der Waals surface area contributed by atoms with Crippen molar-refractivity contribution >= 4 is 0 Å². The highest BCUT2D eigenvalue weighted by Crippen LogP contribution is 2.31. The van der Waals surface area contributed by atoms with Crippen LogP contribution in [0.5, 0.6) is 0 Å². The maximum atomic E-state index is 10.4. The van der Waals surface area contributed by atoms with Gasteiger partial charge in [0.05, 0.1) is 12.7 Å². The van der Waals surface area contributed by atoms with E-state index >= 15 is 0 Å². The highest BCUT2D eigenvalue weighted by Gasteiger charge is 2.25. The van der Waals surface area contributed by atoms with Crippen LogP contribution in [0, 0.1) is 25.7 Å². The Morgan fingerprint density at radius 1 is 1.15 bits per heavy atom. The zero-order valence-corrected chi connectivity index (χ0v) is 13.2. The van der Waals surface area contributed by atoms with E-state index in [0.717, 1.165) is 35.8 Å². The highest BCUT2D eigenvalue weighted by molar-refractivity contribution is 5.32. The molecule has 0 aliphatic heterocycles. The normalized spacial score (nSPS) is 28.4. The molecule has 1 aromatic carbocycles. The minimum absolute atomic E-state index is 0.313. The van der Waals surface area contributed by atoms with Crippen LogP contribution in [-0.4, -0.2) is 17.8 Å². The van der Waals surface area contributed by atoms with Gasteiger partial charge in [-0.2, -0.15) is 0 Å². The van der Waals surface area contributed by atoms with Crippen molar-refractivity contribution in [3.8, 4) is 0 Å². The number of aryl methyl sites for hydroxylation is 2. The quantitative estimate of drug-likeness (QED) is 0.894. The Bertz CT molecular complexity index is 431. The lowest BCUT2D eigenvalue weighted by molar-refractivity contribution is -0.0413. The Morgan fingerprint density at radius 3 is 2.45 bits per heavy atom. The summed E-state index contributed by atoms with van der Waals surface area (Å²) in [6.45, 7) is 9.11. The number of aliphatic hydroxyl groups is 1. The van der Waals surface area contributed by atoms with Crippen molar-refractivity contribution in [1.82, 2.24) is 0 Å². The number of ether oxygens (including phenoxy) is 1. The third-order valence-electron chi connectivity index (χ3n) is 4.42. The van der Waals surface area contributed by atoms with E-state index in [2.05, 4.69) is 39.0 Å². The van der Waals surface area contributed by atoms with Crippen molar-refractivity contribution in [2.45, 2.75) is 59.2 Å². The van der Waals surface area contributed by atoms with Crippen LogP contribution >= 0.6 is 0 Å². The first kappa shape index (κ1) is 15.5. The van der Waals surface area contributed by atoms with Crippen LogP contribution in [-0.2, 0) is 4.74 Å². The molecule has 2 rings (SSSR count). The molecule has 1 aromatic rings. The predicted molar refractivity (Wildman–Crippen MR) is 82.8 cm³/mol. The monoisotopic (exact) mass is 276 g/mol. The van der Waals surface area contributed by atoms with Crippen LogP contribution in [0.4, 0.5) is 0 Å². The topological polar surface area (TPSA) is 29.5 Å². The van der Waals surface area contributed by atoms with Crippen molar-refractivity contribution in [3.05, 3.63) is 34.9 Å². The summed E-state index contributed by atoms with van der Waals surface area (Å²) in [5, 5.41) is 10.4. The van der Waals surface area contributed by atoms with Crippen molar-refractivity contribution in [2.75, 3.05) is 6.61 Å². The molecule has 20 heavy (non-hydrogen) atoms. The molecule has 1 saturated carbocycles. The van der Waals surface area contributed by atoms with Crippen LogP contribution in [0.2, 0.25) is 0 Å². The van der Waals surface area contributed by atoms with Crippen molar-refractivity contribution in [3.63, 3.8) is 0 Å². The molecule has 1 aliphatic rings. The average molecular weight is 276 g/mol. The van der Waals surface area contributed by atoms with Crippen molar-refractivity contribution < 1.29 is 9.84 Å². The van der Waals surface area contributed by atoms with E-state index in [1.54, 1.807) is 0 Å². The van der Waals surface area contributed by atoms with Gasteiger partial charge in [-0.1, -0.05) is 37.6 Å². The Kier molecular flexibility index (Phi) is 5.22. The van der Waals surface area contributed by atoms with E-state index in [0.29, 0.717) is 12.7 Å². The van der Waals surface area contributed by atoms with E-state index in [1.807, 2.05) is 6.92 Å². The maximum Gasteiger partial charge on any atom is 0.103 e. The molecule has 3 unspecified atom stereocenters. The Hall–Kier alpha value is -0.860. The molecule has 2 nitrogen and oxygen atoms in total. The molecule has 0 bridgehead atoms. The van der Waals surface area contributed by atoms with Crippen LogP contribution in [0.15, 0.2) is 18.2 Å². The molecule has 1 aliphatic carbocycles. The summed E-state index contributed by atoms with van der Waals surface area (Å²) in [6.07, 6.45) is 3.36. The van der Waals surface area contributed by atoms with E-state index in [9.17, 15) is 5.11 Å². The predicted octanol–water partition coefficient (Wildman–Crippen LogP) is 4.18. The smallest absolute Gasteiger partial charge is 0.103 e. The molecule has 1 N–H and O–H groups in total. The molecule has 112 valence electrons. The fourth-order valence-corrected chi connectivity index (χ4v) is 3.45. The summed E-state index contributed by atoms with van der Waals surface area (Å²) in [4.78, 5) is 0. The van der Waals surface area contributed by atoms with E-state index < -0.39 is 6.10 Å². The number of hydrogen-bond donors (Lipinski definition) is 1. The zero-order chi connectivity index (χ0) is 14.7. The molecular weight excluding hydrogens is 248 g/mol. The number of hydrogen-bond acceptors (Lipinski definition) is 2. The van der Waals surface area contributed by atoms with Gasteiger partial charge in [0, 0.05) is 0 Å². The van der Waals surface area contributed by atoms with Crippen LogP contribution in [0.1, 0.15) is 55.9 Å². The number of benzene rings is 1. The second-order valence-electron chi connectivity index (χ2n) is 6.75. The standard InChI is InChI=1S/C18H28O2/c1-12-5-6-15(4)17(10-12)18(19)11-20-16-8-13(2)7-14(3)9-16/h5-6,10,13-14,16,18-19H,7-9,11H2,1-4H3.